The highest BCUT2D eigenvalue weighted by Gasteiger charge is 2.45. The Balaban J connectivity index is 1.52. The maximum Gasteiger partial charge on any atom is 0.253 e. The van der Waals surface area contributed by atoms with Crippen molar-refractivity contribution >= 4 is 11.7 Å². The summed E-state index contributed by atoms with van der Waals surface area (Å²) in [4.78, 5) is 29.6. The van der Waals surface area contributed by atoms with Crippen LogP contribution < -0.4 is 0 Å². The summed E-state index contributed by atoms with van der Waals surface area (Å²) in [7, 11) is 2.17. The molecule has 3 heterocycles. The highest BCUT2D eigenvalue weighted by atomic mass is 16.2. The molecule has 1 saturated heterocycles. The molecule has 5 heteroatoms. The Kier molecular flexibility index (Phi) is 5.13. The van der Waals surface area contributed by atoms with Crippen LogP contribution in [0.25, 0.3) is 0 Å². The molecule has 4 rings (SSSR count). The number of hydrogen-bond acceptors (Lipinski definition) is 3. The largest absolute Gasteiger partial charge is 0.339 e. The number of hydrogen-bond donors (Lipinski definition) is 0. The second-order valence-electron chi connectivity index (χ2n) is 9.88. The Labute approximate surface area is 179 Å². The number of aromatic nitrogens is 1. The van der Waals surface area contributed by atoms with E-state index >= 15 is 0 Å². The number of ketones is 1. The molecule has 1 aromatic carbocycles. The van der Waals surface area contributed by atoms with E-state index < -0.39 is 0 Å². The van der Waals surface area contributed by atoms with E-state index in [2.05, 4.69) is 55.5 Å². The molecule has 0 N–H and O–H groups in total. The molecule has 2 aliphatic heterocycles. The molecule has 160 valence electrons. The first-order valence-corrected chi connectivity index (χ1v) is 11.0. The third kappa shape index (κ3) is 3.39. The highest BCUT2D eigenvalue weighted by molar-refractivity contribution is 5.94. The van der Waals surface area contributed by atoms with Crippen molar-refractivity contribution in [3.05, 3.63) is 58.9 Å². The van der Waals surface area contributed by atoms with Gasteiger partial charge in [-0.15, -0.1) is 0 Å². The van der Waals surface area contributed by atoms with Gasteiger partial charge in [-0.3, -0.25) is 14.5 Å². The number of piperidine rings is 1. The topological polar surface area (TPSA) is 45.6 Å². The van der Waals surface area contributed by atoms with E-state index in [4.69, 9.17) is 0 Å². The predicted molar refractivity (Wildman–Crippen MR) is 119 cm³/mol. The monoisotopic (exact) mass is 407 g/mol. The first-order chi connectivity index (χ1) is 14.1. The van der Waals surface area contributed by atoms with E-state index in [0.29, 0.717) is 0 Å². The van der Waals surface area contributed by atoms with Gasteiger partial charge in [-0.25, -0.2) is 0 Å². The summed E-state index contributed by atoms with van der Waals surface area (Å²) in [5.74, 6) is 0.232. The maximum atomic E-state index is 13.1. The Bertz CT molecular complexity index is 957. The van der Waals surface area contributed by atoms with Crippen molar-refractivity contribution in [1.82, 2.24) is 14.4 Å². The zero-order valence-electron chi connectivity index (χ0n) is 18.9. The van der Waals surface area contributed by atoms with E-state index in [9.17, 15) is 9.59 Å². The SMILES string of the molecule is CC(=O)c1ccc2n1CCN(C)C21CCN(C(=O)c2ccc(C(C)(C)C)cc2)CC1. The average molecular weight is 408 g/mol. The Morgan fingerprint density at radius 2 is 1.53 bits per heavy atom. The summed E-state index contributed by atoms with van der Waals surface area (Å²) in [5, 5.41) is 0. The standard InChI is InChI=1S/C25H33N3O2/c1-18(29)21-10-11-22-25(26(5)16-17-28(21)22)12-14-27(15-13-25)23(30)19-6-8-20(9-7-19)24(2,3)4/h6-11H,12-17H2,1-5H3. The second kappa shape index (κ2) is 7.38. The summed E-state index contributed by atoms with van der Waals surface area (Å²) in [6.07, 6.45) is 1.77. The predicted octanol–water partition coefficient (Wildman–Crippen LogP) is 4.07. The third-order valence-corrected chi connectivity index (χ3v) is 7.08. The van der Waals surface area contributed by atoms with Crippen LogP contribution in [0.2, 0.25) is 0 Å². The zero-order chi connectivity index (χ0) is 21.7. The van der Waals surface area contributed by atoms with Crippen LogP contribution in [0, 0.1) is 0 Å². The number of nitrogens with zero attached hydrogens (tertiary/aromatic N) is 3. The molecule has 1 aromatic heterocycles. The minimum absolute atomic E-state index is 0.0816. The molecular formula is C25H33N3O2. The van der Waals surface area contributed by atoms with Crippen LogP contribution in [0.1, 0.15) is 72.6 Å². The van der Waals surface area contributed by atoms with Crippen molar-refractivity contribution in [2.75, 3.05) is 26.7 Å². The van der Waals surface area contributed by atoms with E-state index in [-0.39, 0.29) is 22.6 Å². The normalized spacial score (nSPS) is 19.0. The van der Waals surface area contributed by atoms with Crippen LogP contribution in [0.3, 0.4) is 0 Å². The molecule has 2 aromatic rings. The van der Waals surface area contributed by atoms with E-state index in [1.54, 1.807) is 6.92 Å². The quantitative estimate of drug-likeness (QED) is 0.705. The summed E-state index contributed by atoms with van der Waals surface area (Å²) < 4.78 is 2.20. The van der Waals surface area contributed by atoms with Crippen molar-refractivity contribution < 1.29 is 9.59 Å². The molecule has 0 aliphatic carbocycles. The first kappa shape index (κ1) is 20.9. The maximum absolute atomic E-state index is 13.1. The van der Waals surface area contributed by atoms with Crippen molar-refractivity contribution in [2.45, 2.75) is 58.0 Å². The molecule has 1 spiro atoms. The number of likely N-dealkylation sites (N-methyl/N-ethyl adjacent to an activating group) is 1. The number of carbonyl (C=O) groups excluding carboxylic acids is 2. The molecule has 0 unspecified atom stereocenters. The van der Waals surface area contributed by atoms with Crippen LogP contribution in [-0.4, -0.2) is 52.7 Å². The second-order valence-corrected chi connectivity index (χ2v) is 9.88. The van der Waals surface area contributed by atoms with Gasteiger partial charge in [0.2, 0.25) is 0 Å². The van der Waals surface area contributed by atoms with Gasteiger partial charge in [0.25, 0.3) is 5.91 Å². The van der Waals surface area contributed by atoms with Crippen molar-refractivity contribution in [1.29, 1.82) is 0 Å². The summed E-state index contributed by atoms with van der Waals surface area (Å²) in [6, 6.07) is 12.2. The molecule has 0 saturated carbocycles. The molecule has 5 nitrogen and oxygen atoms in total. The van der Waals surface area contributed by atoms with Gasteiger partial charge in [0.15, 0.2) is 5.78 Å². The number of likely N-dealkylation sites (tertiary alicyclic amines) is 1. The van der Waals surface area contributed by atoms with E-state index in [1.807, 2.05) is 23.1 Å². The fraction of sp³-hybridized carbons (Fsp3) is 0.520. The van der Waals surface area contributed by atoms with Gasteiger partial charge < -0.3 is 9.47 Å². The third-order valence-electron chi connectivity index (χ3n) is 7.08. The lowest BCUT2D eigenvalue weighted by molar-refractivity contribution is 0.0128. The number of rotatable bonds is 2. The van der Waals surface area contributed by atoms with E-state index in [0.717, 1.165) is 50.3 Å². The molecule has 30 heavy (non-hydrogen) atoms. The molecule has 1 fully saturated rings. The lowest BCUT2D eigenvalue weighted by atomic mass is 9.81. The molecule has 0 bridgehead atoms. The molecule has 0 radical (unpaired) electrons. The number of carbonyl (C=O) groups is 2. The summed E-state index contributed by atoms with van der Waals surface area (Å²) in [5.41, 5.74) is 4.01. The fourth-order valence-electron chi connectivity index (χ4n) is 5.09. The fourth-order valence-corrected chi connectivity index (χ4v) is 5.09. The van der Waals surface area contributed by atoms with Crippen LogP contribution >= 0.6 is 0 Å². The van der Waals surface area contributed by atoms with Crippen molar-refractivity contribution in [3.63, 3.8) is 0 Å². The molecular weight excluding hydrogens is 374 g/mol. The Morgan fingerprint density at radius 1 is 0.900 bits per heavy atom. The minimum Gasteiger partial charge on any atom is -0.339 e. The first-order valence-electron chi connectivity index (χ1n) is 11.0. The Hall–Kier alpha value is -2.40. The Morgan fingerprint density at radius 3 is 2.10 bits per heavy atom. The summed E-state index contributed by atoms with van der Waals surface area (Å²) in [6.45, 7) is 11.4. The van der Waals surface area contributed by atoms with Crippen molar-refractivity contribution in [3.8, 4) is 0 Å². The van der Waals surface area contributed by atoms with Gasteiger partial charge in [-0.2, -0.15) is 0 Å². The number of amides is 1. The van der Waals surface area contributed by atoms with Gasteiger partial charge in [0.1, 0.15) is 0 Å². The zero-order valence-corrected chi connectivity index (χ0v) is 18.9. The minimum atomic E-state index is -0.0984. The lowest BCUT2D eigenvalue weighted by Gasteiger charge is -2.50. The van der Waals surface area contributed by atoms with Gasteiger partial charge >= 0.3 is 0 Å². The number of fused-ring (bicyclic) bond motifs is 2. The van der Waals surface area contributed by atoms with Gasteiger partial charge in [0, 0.05) is 44.4 Å². The van der Waals surface area contributed by atoms with Crippen LogP contribution in [0.15, 0.2) is 36.4 Å². The molecule has 0 atom stereocenters. The van der Waals surface area contributed by atoms with E-state index in [1.165, 1.54) is 11.3 Å². The van der Waals surface area contributed by atoms with Crippen molar-refractivity contribution in [2.24, 2.45) is 0 Å². The molecule has 1 amide bonds. The number of benzene rings is 1. The van der Waals surface area contributed by atoms with Gasteiger partial charge in [-0.05, 0) is 55.1 Å². The van der Waals surface area contributed by atoms with Gasteiger partial charge in [0.05, 0.1) is 11.2 Å². The smallest absolute Gasteiger partial charge is 0.253 e. The van der Waals surface area contributed by atoms with Crippen LogP contribution in [-0.2, 0) is 17.5 Å². The lowest BCUT2D eigenvalue weighted by Crippen LogP contribution is -2.56. The average Bonchev–Trinajstić information content (AvgIpc) is 3.16. The molecule has 2 aliphatic rings. The van der Waals surface area contributed by atoms with Crippen LogP contribution in [0.4, 0.5) is 0 Å². The van der Waals surface area contributed by atoms with Gasteiger partial charge in [-0.1, -0.05) is 32.9 Å². The highest BCUT2D eigenvalue weighted by Crippen LogP contribution is 2.41. The van der Waals surface area contributed by atoms with Crippen LogP contribution in [0.5, 0.6) is 0 Å². The summed E-state index contributed by atoms with van der Waals surface area (Å²) >= 11 is 0. The number of Topliss-reactive ketones (excluding diaryl/α,β-unsaturated/α-hetero) is 1.